The molecule has 2 N–H and O–H groups in total. The van der Waals surface area contributed by atoms with Crippen molar-refractivity contribution in [2.24, 2.45) is 5.73 Å². The minimum absolute atomic E-state index is 0.126. The highest BCUT2D eigenvalue weighted by Gasteiger charge is 2.26. The van der Waals surface area contributed by atoms with E-state index >= 15 is 0 Å². The van der Waals surface area contributed by atoms with Crippen LogP contribution in [-0.4, -0.2) is 0 Å². The predicted molar refractivity (Wildman–Crippen MR) is 75.4 cm³/mol. The molecule has 0 amide bonds. The van der Waals surface area contributed by atoms with Crippen LogP contribution in [0.1, 0.15) is 41.5 Å². The van der Waals surface area contributed by atoms with Crippen LogP contribution >= 0.6 is 0 Å². The third-order valence-corrected chi connectivity index (χ3v) is 4.12. The van der Waals surface area contributed by atoms with E-state index in [1.165, 1.54) is 23.3 Å². The minimum atomic E-state index is -0.570. The molecule has 0 saturated heterocycles. The zero-order valence-electron chi connectivity index (χ0n) is 11.2. The van der Waals surface area contributed by atoms with Crippen LogP contribution < -0.4 is 5.73 Å². The first-order chi connectivity index (χ1) is 9.65. The molecule has 1 aliphatic carbocycles. The van der Waals surface area contributed by atoms with Crippen molar-refractivity contribution in [2.45, 2.75) is 31.2 Å². The molecule has 20 heavy (non-hydrogen) atoms. The molecule has 0 radical (unpaired) electrons. The van der Waals surface area contributed by atoms with Gasteiger partial charge in [0.15, 0.2) is 0 Å². The summed E-state index contributed by atoms with van der Waals surface area (Å²) in [6.07, 6.45) is 3.07. The first-order valence-electron chi connectivity index (χ1n) is 6.94. The summed E-state index contributed by atoms with van der Waals surface area (Å²) in [7, 11) is 0. The summed E-state index contributed by atoms with van der Waals surface area (Å²) in [6.45, 7) is 0. The topological polar surface area (TPSA) is 26.0 Å². The van der Waals surface area contributed by atoms with Crippen LogP contribution in [0.15, 0.2) is 42.5 Å². The Hall–Kier alpha value is -1.74. The van der Waals surface area contributed by atoms with Crippen LogP contribution in [0.2, 0.25) is 0 Å². The molecule has 0 saturated carbocycles. The van der Waals surface area contributed by atoms with Crippen LogP contribution in [0.25, 0.3) is 0 Å². The molecule has 2 unspecified atom stereocenters. The first kappa shape index (κ1) is 13.3. The smallest absolute Gasteiger partial charge is 0.126 e. The maximum Gasteiger partial charge on any atom is 0.126 e. The molecule has 0 aromatic heterocycles. The maximum absolute atomic E-state index is 13.4. The molecule has 1 aliphatic rings. The first-order valence-corrected chi connectivity index (χ1v) is 6.94. The standard InChI is InChI=1S/C17H17F2N/c18-13-8-12(9-14(19)10-13)17(20)16-7-3-5-11-4-1-2-6-15(11)16/h1-2,4,6,8-10,16-17H,3,5,7,20H2. The van der Waals surface area contributed by atoms with E-state index in [0.717, 1.165) is 25.3 Å². The number of aryl methyl sites for hydroxylation is 1. The van der Waals surface area contributed by atoms with Crippen molar-refractivity contribution in [2.75, 3.05) is 0 Å². The summed E-state index contributed by atoms with van der Waals surface area (Å²) < 4.78 is 26.7. The summed E-state index contributed by atoms with van der Waals surface area (Å²) in [4.78, 5) is 0. The fourth-order valence-electron chi connectivity index (χ4n) is 3.16. The lowest BCUT2D eigenvalue weighted by Gasteiger charge is -2.30. The van der Waals surface area contributed by atoms with Gasteiger partial charge in [-0.2, -0.15) is 0 Å². The molecular weight excluding hydrogens is 256 g/mol. The number of halogens is 2. The van der Waals surface area contributed by atoms with Gasteiger partial charge in [-0.15, -0.1) is 0 Å². The highest BCUT2D eigenvalue weighted by molar-refractivity contribution is 5.36. The average Bonchev–Trinajstić information content (AvgIpc) is 2.45. The number of hydrogen-bond acceptors (Lipinski definition) is 1. The molecule has 3 rings (SSSR count). The van der Waals surface area contributed by atoms with E-state index in [9.17, 15) is 8.78 Å². The SMILES string of the molecule is NC(c1cc(F)cc(F)c1)C1CCCc2ccccc21. The Kier molecular flexibility index (Phi) is 3.53. The highest BCUT2D eigenvalue weighted by atomic mass is 19.1. The Morgan fingerprint density at radius 2 is 1.75 bits per heavy atom. The fourth-order valence-corrected chi connectivity index (χ4v) is 3.16. The summed E-state index contributed by atoms with van der Waals surface area (Å²) in [6, 6.07) is 11.4. The van der Waals surface area contributed by atoms with Crippen LogP contribution in [0.5, 0.6) is 0 Å². The zero-order chi connectivity index (χ0) is 14.1. The largest absolute Gasteiger partial charge is 0.323 e. The minimum Gasteiger partial charge on any atom is -0.323 e. The Morgan fingerprint density at radius 3 is 2.50 bits per heavy atom. The summed E-state index contributed by atoms with van der Waals surface area (Å²) in [5.74, 6) is -1.01. The number of rotatable bonds is 2. The summed E-state index contributed by atoms with van der Waals surface area (Å²) >= 11 is 0. The monoisotopic (exact) mass is 273 g/mol. The third kappa shape index (κ3) is 2.46. The van der Waals surface area contributed by atoms with Gasteiger partial charge >= 0.3 is 0 Å². The Morgan fingerprint density at radius 1 is 1.05 bits per heavy atom. The van der Waals surface area contributed by atoms with Gasteiger partial charge in [-0.1, -0.05) is 24.3 Å². The fraction of sp³-hybridized carbons (Fsp3) is 0.294. The molecule has 0 fully saturated rings. The van der Waals surface area contributed by atoms with Gasteiger partial charge in [0.2, 0.25) is 0 Å². The van der Waals surface area contributed by atoms with Crippen molar-refractivity contribution in [1.29, 1.82) is 0 Å². The maximum atomic E-state index is 13.4. The Bertz CT molecular complexity index is 604. The molecular formula is C17H17F2N. The zero-order valence-corrected chi connectivity index (χ0v) is 11.2. The van der Waals surface area contributed by atoms with Crippen molar-refractivity contribution < 1.29 is 8.78 Å². The van der Waals surface area contributed by atoms with Crippen molar-refractivity contribution >= 4 is 0 Å². The van der Waals surface area contributed by atoms with E-state index in [-0.39, 0.29) is 12.0 Å². The van der Waals surface area contributed by atoms with E-state index in [0.29, 0.717) is 5.56 Å². The molecule has 104 valence electrons. The molecule has 3 heteroatoms. The van der Waals surface area contributed by atoms with E-state index in [1.807, 2.05) is 12.1 Å². The molecule has 1 nitrogen and oxygen atoms in total. The second-order valence-electron chi connectivity index (χ2n) is 5.43. The summed E-state index contributed by atoms with van der Waals surface area (Å²) in [5.41, 5.74) is 9.34. The van der Waals surface area contributed by atoms with E-state index < -0.39 is 11.6 Å². The molecule has 0 aliphatic heterocycles. The summed E-state index contributed by atoms with van der Waals surface area (Å²) in [5, 5.41) is 0. The number of benzene rings is 2. The van der Waals surface area contributed by atoms with Crippen molar-refractivity contribution in [3.63, 3.8) is 0 Å². The lowest BCUT2D eigenvalue weighted by molar-refractivity contribution is 0.469. The molecule has 2 aromatic rings. The third-order valence-electron chi connectivity index (χ3n) is 4.12. The molecule has 2 aromatic carbocycles. The van der Waals surface area contributed by atoms with Gasteiger partial charge in [0.1, 0.15) is 11.6 Å². The van der Waals surface area contributed by atoms with Crippen LogP contribution in [0, 0.1) is 11.6 Å². The van der Waals surface area contributed by atoms with Gasteiger partial charge in [0.05, 0.1) is 0 Å². The molecule has 0 bridgehead atoms. The molecule has 0 spiro atoms. The predicted octanol–water partition coefficient (Wildman–Crippen LogP) is 4.08. The van der Waals surface area contributed by atoms with Gasteiger partial charge < -0.3 is 5.73 Å². The van der Waals surface area contributed by atoms with Crippen LogP contribution in [0.4, 0.5) is 8.78 Å². The normalized spacial score (nSPS) is 19.4. The van der Waals surface area contributed by atoms with Gasteiger partial charge in [0.25, 0.3) is 0 Å². The van der Waals surface area contributed by atoms with Crippen LogP contribution in [-0.2, 0) is 6.42 Å². The average molecular weight is 273 g/mol. The van der Waals surface area contributed by atoms with Crippen LogP contribution in [0.3, 0.4) is 0 Å². The second-order valence-corrected chi connectivity index (χ2v) is 5.43. The van der Waals surface area contributed by atoms with E-state index in [2.05, 4.69) is 12.1 Å². The number of hydrogen-bond donors (Lipinski definition) is 1. The quantitative estimate of drug-likeness (QED) is 0.876. The van der Waals surface area contributed by atoms with Gasteiger partial charge in [-0.25, -0.2) is 8.78 Å². The lowest BCUT2D eigenvalue weighted by atomic mass is 9.77. The number of fused-ring (bicyclic) bond motifs is 1. The van der Waals surface area contributed by atoms with Gasteiger partial charge in [-0.3, -0.25) is 0 Å². The van der Waals surface area contributed by atoms with Gasteiger partial charge in [0, 0.05) is 18.0 Å². The van der Waals surface area contributed by atoms with Gasteiger partial charge in [-0.05, 0) is 48.1 Å². The van der Waals surface area contributed by atoms with E-state index in [4.69, 9.17) is 5.73 Å². The second kappa shape index (κ2) is 5.33. The Balaban J connectivity index is 1.97. The molecule has 0 heterocycles. The van der Waals surface area contributed by atoms with Crippen molar-refractivity contribution in [3.05, 3.63) is 70.8 Å². The molecule has 2 atom stereocenters. The van der Waals surface area contributed by atoms with Crippen molar-refractivity contribution in [3.8, 4) is 0 Å². The van der Waals surface area contributed by atoms with E-state index in [1.54, 1.807) is 0 Å². The lowest BCUT2D eigenvalue weighted by Crippen LogP contribution is -2.23. The number of nitrogens with two attached hydrogens (primary N) is 1. The van der Waals surface area contributed by atoms with Crippen molar-refractivity contribution in [1.82, 2.24) is 0 Å². The Labute approximate surface area is 117 Å². The highest BCUT2D eigenvalue weighted by Crippen LogP contribution is 2.39.